The van der Waals surface area contributed by atoms with Gasteiger partial charge < -0.3 is 4.74 Å². The van der Waals surface area contributed by atoms with Crippen molar-refractivity contribution in [1.29, 1.82) is 0 Å². The molecule has 0 atom stereocenters. The van der Waals surface area contributed by atoms with E-state index in [0.717, 1.165) is 39.3 Å². The van der Waals surface area contributed by atoms with Crippen molar-refractivity contribution in [2.24, 2.45) is 0 Å². The van der Waals surface area contributed by atoms with Crippen molar-refractivity contribution in [3.63, 3.8) is 0 Å². The minimum Gasteiger partial charge on any atom is -0.457 e. The summed E-state index contributed by atoms with van der Waals surface area (Å²) in [6.07, 6.45) is 0. The number of ether oxygens (including phenoxy) is 1. The van der Waals surface area contributed by atoms with Crippen LogP contribution in [0.15, 0.2) is 188 Å². The molecule has 2 heterocycles. The van der Waals surface area contributed by atoms with Gasteiger partial charge in [0.1, 0.15) is 11.5 Å². The minimum atomic E-state index is -0.165. The predicted octanol–water partition coefficient (Wildman–Crippen LogP) is 13.5. The van der Waals surface area contributed by atoms with Crippen molar-refractivity contribution in [1.82, 2.24) is 15.0 Å². The lowest BCUT2D eigenvalue weighted by molar-refractivity contribution is 0.418. The summed E-state index contributed by atoms with van der Waals surface area (Å²) in [4.78, 5) is 14.9. The highest BCUT2D eigenvalue weighted by atomic mass is 16.5. The van der Waals surface area contributed by atoms with Gasteiger partial charge in [-0.3, -0.25) is 0 Å². The smallest absolute Gasteiger partial charge is 0.164 e. The van der Waals surface area contributed by atoms with Crippen LogP contribution >= 0.6 is 0 Å². The topological polar surface area (TPSA) is 47.9 Å². The quantitative estimate of drug-likeness (QED) is 0.172. The highest BCUT2D eigenvalue weighted by molar-refractivity contribution is 6.05. The van der Waals surface area contributed by atoms with E-state index in [1.165, 1.54) is 44.2 Å². The van der Waals surface area contributed by atoms with Gasteiger partial charge in [-0.15, -0.1) is 0 Å². The maximum Gasteiger partial charge on any atom is 0.164 e. The molecule has 0 saturated carbocycles. The van der Waals surface area contributed by atoms with Crippen molar-refractivity contribution < 1.29 is 4.74 Å². The molecule has 0 fully saturated rings. The van der Waals surface area contributed by atoms with Crippen molar-refractivity contribution in [2.75, 3.05) is 0 Å². The van der Waals surface area contributed by atoms with Gasteiger partial charge in [-0.1, -0.05) is 178 Å². The van der Waals surface area contributed by atoms with Crippen LogP contribution in [0.3, 0.4) is 0 Å². The molecule has 1 aromatic heterocycles. The van der Waals surface area contributed by atoms with E-state index in [9.17, 15) is 0 Å². The maximum absolute atomic E-state index is 6.33. The van der Waals surface area contributed by atoms with Crippen LogP contribution in [-0.4, -0.2) is 15.0 Å². The fourth-order valence-electron chi connectivity index (χ4n) is 8.03. The van der Waals surface area contributed by atoms with Crippen LogP contribution in [0.25, 0.3) is 78.3 Å². The summed E-state index contributed by atoms with van der Waals surface area (Å²) in [6, 6.07) is 65.8. The van der Waals surface area contributed by atoms with Crippen molar-refractivity contribution in [3.05, 3.63) is 199 Å². The normalized spacial score (nSPS) is 12.8. The number of rotatable bonds is 6. The van der Waals surface area contributed by atoms with E-state index < -0.39 is 0 Å². The van der Waals surface area contributed by atoms with Crippen LogP contribution in [0.2, 0.25) is 0 Å². The molecule has 4 heteroatoms. The standard InChI is InChI=1S/C52H37N3O/c1-52(2)45-22-11-12-23-47(45)56-48-31-28-38(33-46(48)52)34-24-26-35(27-25-34)41-29-30-42(44-21-10-9-20-43(41)44)39-18-13-19-40(32-39)51-54-49(36-14-5-3-6-15-36)53-50(55-51)37-16-7-4-8-17-37/h3-33H,1-2H3. The lowest BCUT2D eigenvalue weighted by Gasteiger charge is -2.34. The number of fused-ring (bicyclic) bond motifs is 3. The Kier molecular flexibility index (Phi) is 8.11. The van der Waals surface area contributed by atoms with Crippen LogP contribution in [0.1, 0.15) is 25.0 Å². The summed E-state index contributed by atoms with van der Waals surface area (Å²) in [5, 5.41) is 2.39. The number of nitrogens with zero attached hydrogens (tertiary/aromatic N) is 3. The Labute approximate surface area is 326 Å². The van der Waals surface area contributed by atoms with Crippen LogP contribution in [0, 0.1) is 0 Å². The monoisotopic (exact) mass is 719 g/mol. The molecule has 10 rings (SSSR count). The van der Waals surface area contributed by atoms with E-state index in [0.29, 0.717) is 17.5 Å². The molecular formula is C52H37N3O. The lowest BCUT2D eigenvalue weighted by Crippen LogP contribution is -2.24. The van der Waals surface area contributed by atoms with Gasteiger partial charge in [0.15, 0.2) is 17.5 Å². The fourth-order valence-corrected chi connectivity index (χ4v) is 8.03. The second-order valence-corrected chi connectivity index (χ2v) is 14.8. The van der Waals surface area contributed by atoms with Crippen LogP contribution in [-0.2, 0) is 5.41 Å². The average Bonchev–Trinajstić information content (AvgIpc) is 3.26. The minimum absolute atomic E-state index is 0.165. The molecule has 4 nitrogen and oxygen atoms in total. The Morgan fingerprint density at radius 2 is 0.821 bits per heavy atom. The first kappa shape index (κ1) is 33.4. The Morgan fingerprint density at radius 3 is 1.48 bits per heavy atom. The highest BCUT2D eigenvalue weighted by Crippen LogP contribution is 2.49. The first-order chi connectivity index (χ1) is 27.5. The number of benzene rings is 8. The van der Waals surface area contributed by atoms with Crippen LogP contribution < -0.4 is 4.74 Å². The molecule has 0 radical (unpaired) electrons. The molecule has 0 unspecified atom stereocenters. The highest BCUT2D eigenvalue weighted by Gasteiger charge is 2.34. The van der Waals surface area contributed by atoms with Gasteiger partial charge in [-0.2, -0.15) is 0 Å². The van der Waals surface area contributed by atoms with E-state index in [-0.39, 0.29) is 5.41 Å². The molecule has 0 aliphatic carbocycles. The third-order valence-corrected chi connectivity index (χ3v) is 11.0. The number of para-hydroxylation sites is 1. The summed E-state index contributed by atoms with van der Waals surface area (Å²) >= 11 is 0. The molecule has 0 saturated heterocycles. The van der Waals surface area contributed by atoms with Crippen molar-refractivity contribution >= 4 is 10.8 Å². The molecule has 266 valence electrons. The molecular weight excluding hydrogens is 683 g/mol. The number of hydrogen-bond donors (Lipinski definition) is 0. The predicted molar refractivity (Wildman–Crippen MR) is 229 cm³/mol. The van der Waals surface area contributed by atoms with Gasteiger partial charge in [0.2, 0.25) is 0 Å². The summed E-state index contributed by atoms with van der Waals surface area (Å²) in [7, 11) is 0. The zero-order valence-electron chi connectivity index (χ0n) is 31.1. The van der Waals surface area contributed by atoms with Crippen molar-refractivity contribution in [3.8, 4) is 79.0 Å². The molecule has 1 aliphatic heterocycles. The van der Waals surface area contributed by atoms with Gasteiger partial charge in [0, 0.05) is 33.2 Å². The Bertz CT molecular complexity index is 2840. The molecule has 1 aliphatic rings. The van der Waals surface area contributed by atoms with E-state index in [1.54, 1.807) is 0 Å². The zero-order valence-corrected chi connectivity index (χ0v) is 31.1. The Hall–Kier alpha value is -7.17. The Morgan fingerprint density at radius 1 is 0.339 bits per heavy atom. The first-order valence-corrected chi connectivity index (χ1v) is 19.0. The molecule has 0 spiro atoms. The summed E-state index contributed by atoms with van der Waals surface area (Å²) in [5.41, 5.74) is 12.1. The first-order valence-electron chi connectivity index (χ1n) is 19.0. The number of hydrogen-bond acceptors (Lipinski definition) is 4. The van der Waals surface area contributed by atoms with E-state index >= 15 is 0 Å². The van der Waals surface area contributed by atoms with Gasteiger partial charge in [-0.25, -0.2) is 15.0 Å². The van der Waals surface area contributed by atoms with E-state index in [1.807, 2.05) is 66.7 Å². The van der Waals surface area contributed by atoms with E-state index in [4.69, 9.17) is 19.7 Å². The molecule has 0 amide bonds. The van der Waals surface area contributed by atoms with Gasteiger partial charge in [-0.05, 0) is 68.4 Å². The molecule has 0 bridgehead atoms. The average molecular weight is 720 g/mol. The van der Waals surface area contributed by atoms with Gasteiger partial charge >= 0.3 is 0 Å². The summed E-state index contributed by atoms with van der Waals surface area (Å²) < 4.78 is 6.33. The molecule has 56 heavy (non-hydrogen) atoms. The largest absolute Gasteiger partial charge is 0.457 e. The molecule has 0 N–H and O–H groups in total. The lowest BCUT2D eigenvalue weighted by atomic mass is 9.75. The zero-order chi connectivity index (χ0) is 37.6. The van der Waals surface area contributed by atoms with Gasteiger partial charge in [0.05, 0.1) is 0 Å². The maximum atomic E-state index is 6.33. The van der Waals surface area contributed by atoms with E-state index in [2.05, 4.69) is 135 Å². The van der Waals surface area contributed by atoms with Gasteiger partial charge in [0.25, 0.3) is 0 Å². The van der Waals surface area contributed by atoms with Crippen molar-refractivity contribution in [2.45, 2.75) is 19.3 Å². The fraction of sp³-hybridized carbons (Fsp3) is 0.0577. The second-order valence-electron chi connectivity index (χ2n) is 14.8. The SMILES string of the molecule is CC1(C)c2ccccc2Oc2ccc(-c3ccc(-c4ccc(-c5cccc(-c6nc(-c7ccccc7)nc(-c7ccccc7)n6)c5)c5ccccc45)cc3)cc21. The van der Waals surface area contributed by atoms with Crippen LogP contribution in [0.4, 0.5) is 0 Å². The molecule has 9 aromatic rings. The number of aromatic nitrogens is 3. The summed E-state index contributed by atoms with van der Waals surface area (Å²) in [5.74, 6) is 3.80. The Balaban J connectivity index is 0.997. The third-order valence-electron chi connectivity index (χ3n) is 11.0. The third kappa shape index (κ3) is 5.93. The molecule has 8 aromatic carbocycles. The summed E-state index contributed by atoms with van der Waals surface area (Å²) in [6.45, 7) is 4.56. The van der Waals surface area contributed by atoms with Crippen LogP contribution in [0.5, 0.6) is 11.5 Å². The second kappa shape index (κ2) is 13.6.